The minimum atomic E-state index is -0.0402. The molecule has 0 bridgehead atoms. The number of anilines is 1. The van der Waals surface area contributed by atoms with Gasteiger partial charge in [0.2, 0.25) is 5.88 Å². The first kappa shape index (κ1) is 28.7. The van der Waals surface area contributed by atoms with Crippen molar-refractivity contribution >= 4 is 17.5 Å². The average molecular weight is 566 g/mol. The smallest absolute Gasteiger partial charge is 0.324 e. The van der Waals surface area contributed by atoms with E-state index in [1.54, 1.807) is 31.4 Å². The fraction of sp³-hybridized carbons (Fsp3) is 0.265. The second kappa shape index (κ2) is 12.8. The zero-order chi connectivity index (χ0) is 29.6. The Hall–Kier alpha value is -4.85. The fourth-order valence-corrected chi connectivity index (χ4v) is 5.00. The molecule has 0 spiro atoms. The maximum atomic E-state index is 13.4. The largest absolute Gasteiger partial charge is 0.493 e. The molecule has 8 heteroatoms. The number of methoxy groups -OCH3 is 2. The van der Waals surface area contributed by atoms with Crippen LogP contribution in [-0.4, -0.2) is 49.0 Å². The molecule has 0 N–H and O–H groups in total. The molecule has 5 rings (SSSR count). The van der Waals surface area contributed by atoms with E-state index in [1.165, 1.54) is 0 Å². The third-order valence-electron chi connectivity index (χ3n) is 7.35. The van der Waals surface area contributed by atoms with E-state index in [0.717, 1.165) is 34.4 Å². The normalized spacial score (nSPS) is 13.2. The number of aryl methyl sites for hydroxylation is 2. The summed E-state index contributed by atoms with van der Waals surface area (Å²) < 4.78 is 16.8. The van der Waals surface area contributed by atoms with Gasteiger partial charge in [-0.2, -0.15) is 0 Å². The zero-order valence-corrected chi connectivity index (χ0v) is 24.4. The van der Waals surface area contributed by atoms with Crippen LogP contribution in [0.15, 0.2) is 79.0 Å². The van der Waals surface area contributed by atoms with Crippen molar-refractivity contribution in [3.63, 3.8) is 0 Å². The summed E-state index contributed by atoms with van der Waals surface area (Å²) in [4.78, 5) is 34.1. The summed E-state index contributed by atoms with van der Waals surface area (Å²) in [6.07, 6.45) is 2.81. The van der Waals surface area contributed by atoms with Crippen LogP contribution in [-0.2, 0) is 13.0 Å². The third-order valence-corrected chi connectivity index (χ3v) is 7.35. The first-order valence-electron chi connectivity index (χ1n) is 14.0. The van der Waals surface area contributed by atoms with Gasteiger partial charge in [0.1, 0.15) is 5.75 Å². The Morgan fingerprint density at radius 3 is 2.26 bits per heavy atom. The van der Waals surface area contributed by atoms with Crippen molar-refractivity contribution in [3.05, 3.63) is 107 Å². The Bertz CT molecular complexity index is 1570. The standard InChI is InChI=1S/C34H35N3O5/c1-23-6-10-27(11-7-23)29(38)19-25-9-15-33(35-21-25)42-30-14-12-28(18-24(30)2)37-17-5-16-36(34(37)39)22-26-8-13-31(40-3)32(20-26)41-4/h6-15,18,20-21H,5,16-17,19,22H2,1-4H3. The minimum Gasteiger partial charge on any atom is -0.493 e. The van der Waals surface area contributed by atoms with Crippen LogP contribution in [0.5, 0.6) is 23.1 Å². The topological polar surface area (TPSA) is 81.2 Å². The Morgan fingerprint density at radius 2 is 1.57 bits per heavy atom. The fourth-order valence-electron chi connectivity index (χ4n) is 5.00. The van der Waals surface area contributed by atoms with Crippen LogP contribution in [0.3, 0.4) is 0 Å². The number of ether oxygens (including phenoxy) is 3. The van der Waals surface area contributed by atoms with Crippen molar-refractivity contribution in [2.75, 3.05) is 32.2 Å². The highest BCUT2D eigenvalue weighted by atomic mass is 16.5. The number of nitrogens with zero attached hydrogens (tertiary/aromatic N) is 3. The summed E-state index contributed by atoms with van der Waals surface area (Å²) >= 11 is 0. The van der Waals surface area contributed by atoms with Crippen molar-refractivity contribution in [2.45, 2.75) is 33.2 Å². The number of pyridine rings is 1. The molecule has 1 fully saturated rings. The lowest BCUT2D eigenvalue weighted by Crippen LogP contribution is -2.49. The summed E-state index contributed by atoms with van der Waals surface area (Å²) in [6.45, 7) is 5.75. The Labute approximate surface area is 246 Å². The highest BCUT2D eigenvalue weighted by Crippen LogP contribution is 2.31. The van der Waals surface area contributed by atoms with Gasteiger partial charge in [0.25, 0.3) is 0 Å². The second-order valence-corrected chi connectivity index (χ2v) is 10.4. The van der Waals surface area contributed by atoms with E-state index in [0.29, 0.717) is 48.3 Å². The van der Waals surface area contributed by atoms with Gasteiger partial charge >= 0.3 is 6.03 Å². The maximum Gasteiger partial charge on any atom is 0.324 e. The number of benzene rings is 3. The average Bonchev–Trinajstić information content (AvgIpc) is 3.00. The lowest BCUT2D eigenvalue weighted by Gasteiger charge is -2.36. The van der Waals surface area contributed by atoms with Gasteiger partial charge in [-0.05, 0) is 67.3 Å². The van der Waals surface area contributed by atoms with Gasteiger partial charge in [0, 0.05) is 49.6 Å². The first-order valence-corrected chi connectivity index (χ1v) is 14.0. The monoisotopic (exact) mass is 565 g/mol. The van der Waals surface area contributed by atoms with E-state index in [4.69, 9.17) is 14.2 Å². The summed E-state index contributed by atoms with van der Waals surface area (Å²) in [5, 5.41) is 0. The zero-order valence-electron chi connectivity index (χ0n) is 24.4. The van der Waals surface area contributed by atoms with Crippen LogP contribution in [0.2, 0.25) is 0 Å². The molecule has 2 heterocycles. The maximum absolute atomic E-state index is 13.4. The molecule has 3 aromatic carbocycles. The number of carbonyl (C=O) groups is 2. The van der Waals surface area contributed by atoms with E-state index in [1.807, 2.05) is 85.5 Å². The molecule has 1 aromatic heterocycles. The van der Waals surface area contributed by atoms with Gasteiger partial charge in [0.15, 0.2) is 17.3 Å². The molecule has 1 aliphatic heterocycles. The lowest BCUT2D eigenvalue weighted by molar-refractivity contribution is 0.0992. The molecule has 0 atom stereocenters. The van der Waals surface area contributed by atoms with Crippen molar-refractivity contribution in [1.82, 2.24) is 9.88 Å². The molecule has 216 valence electrons. The van der Waals surface area contributed by atoms with Crippen molar-refractivity contribution in [3.8, 4) is 23.1 Å². The van der Waals surface area contributed by atoms with Crippen LogP contribution in [0.1, 0.15) is 39.0 Å². The van der Waals surface area contributed by atoms with E-state index < -0.39 is 0 Å². The van der Waals surface area contributed by atoms with Crippen molar-refractivity contribution in [2.24, 2.45) is 0 Å². The minimum absolute atomic E-state index is 0.0402. The van der Waals surface area contributed by atoms with Crippen molar-refractivity contribution < 1.29 is 23.8 Å². The molecule has 0 unspecified atom stereocenters. The summed E-state index contributed by atoms with van der Waals surface area (Å²) in [6, 6.07) is 22.6. The highest BCUT2D eigenvalue weighted by Gasteiger charge is 2.27. The predicted molar refractivity (Wildman–Crippen MR) is 162 cm³/mol. The molecule has 42 heavy (non-hydrogen) atoms. The number of hydrogen-bond acceptors (Lipinski definition) is 6. The van der Waals surface area contributed by atoms with Crippen molar-refractivity contribution in [1.29, 1.82) is 0 Å². The van der Waals surface area contributed by atoms with E-state index in [-0.39, 0.29) is 18.2 Å². The summed E-state index contributed by atoms with van der Waals surface area (Å²) in [5.41, 5.74) is 5.31. The Balaban J connectivity index is 1.22. The molecule has 1 aliphatic rings. The number of urea groups is 1. The van der Waals surface area contributed by atoms with E-state index in [2.05, 4.69) is 4.98 Å². The first-order chi connectivity index (χ1) is 20.3. The Kier molecular flexibility index (Phi) is 8.71. The van der Waals surface area contributed by atoms with Crippen LogP contribution < -0.4 is 19.1 Å². The molecule has 1 saturated heterocycles. The Morgan fingerprint density at radius 1 is 0.833 bits per heavy atom. The molecule has 0 saturated carbocycles. The number of ketones is 1. The SMILES string of the molecule is COc1ccc(CN2CCCN(c3ccc(Oc4ccc(CC(=O)c5ccc(C)cc5)cn4)c(C)c3)C2=O)cc1OC. The number of rotatable bonds is 10. The van der Waals surface area contributed by atoms with Gasteiger partial charge in [-0.15, -0.1) is 0 Å². The number of aromatic nitrogens is 1. The number of Topliss-reactive ketones (excluding diaryl/α,β-unsaturated/α-hetero) is 1. The number of amides is 2. The predicted octanol–water partition coefficient (Wildman–Crippen LogP) is 6.77. The number of carbonyl (C=O) groups excluding carboxylic acids is 2. The molecule has 2 amide bonds. The van der Waals surface area contributed by atoms with E-state index in [9.17, 15) is 9.59 Å². The van der Waals surface area contributed by atoms with Crippen LogP contribution >= 0.6 is 0 Å². The quantitative estimate of drug-likeness (QED) is 0.198. The molecule has 8 nitrogen and oxygen atoms in total. The number of hydrogen-bond donors (Lipinski definition) is 0. The van der Waals surface area contributed by atoms with Gasteiger partial charge in [0.05, 0.1) is 14.2 Å². The lowest BCUT2D eigenvalue weighted by atomic mass is 10.0. The third kappa shape index (κ3) is 6.54. The van der Waals surface area contributed by atoms with Gasteiger partial charge in [-0.1, -0.05) is 42.0 Å². The molecule has 0 aliphatic carbocycles. The molecular formula is C34H35N3O5. The highest BCUT2D eigenvalue weighted by molar-refractivity contribution is 5.97. The van der Waals surface area contributed by atoms with Crippen LogP contribution in [0, 0.1) is 13.8 Å². The van der Waals surface area contributed by atoms with Gasteiger partial charge in [-0.25, -0.2) is 9.78 Å². The molecular weight excluding hydrogens is 530 g/mol. The van der Waals surface area contributed by atoms with Gasteiger partial charge in [-0.3, -0.25) is 9.69 Å². The summed E-state index contributed by atoms with van der Waals surface area (Å²) in [7, 11) is 3.21. The summed E-state index contributed by atoms with van der Waals surface area (Å²) in [5.74, 6) is 2.44. The van der Waals surface area contributed by atoms with Gasteiger partial charge < -0.3 is 19.1 Å². The van der Waals surface area contributed by atoms with Crippen LogP contribution in [0.4, 0.5) is 10.5 Å². The van der Waals surface area contributed by atoms with Crippen LogP contribution in [0.25, 0.3) is 0 Å². The van der Waals surface area contributed by atoms with E-state index >= 15 is 0 Å². The second-order valence-electron chi connectivity index (χ2n) is 10.4. The molecule has 4 aromatic rings. The molecule has 0 radical (unpaired) electrons.